The summed E-state index contributed by atoms with van der Waals surface area (Å²) in [4.78, 5) is 148. The quantitative estimate of drug-likeness (QED) is 0.00601. The number of aliphatic carboxylic acids is 4. The number of epoxide rings is 1. The summed E-state index contributed by atoms with van der Waals surface area (Å²) in [5.74, 6) is -9.49. The molecule has 548 valence electrons. The second-order valence-corrected chi connectivity index (χ2v) is 26.2. The van der Waals surface area contributed by atoms with Gasteiger partial charge in [0, 0.05) is 28.8 Å². The minimum absolute atomic E-state index is 0.0355. The van der Waals surface area contributed by atoms with Crippen LogP contribution in [0, 0.1) is 33.5 Å². The first-order valence-electron chi connectivity index (χ1n) is 33.2. The third kappa shape index (κ3) is 30.5. The van der Waals surface area contributed by atoms with Gasteiger partial charge in [-0.05, 0) is 141 Å². The molecule has 26 nitrogen and oxygen atoms in total. The number of nitrogens with zero attached hydrogens (tertiary/aromatic N) is 1. The first-order chi connectivity index (χ1) is 47.1. The van der Waals surface area contributed by atoms with Crippen molar-refractivity contribution < 1.29 is 116 Å². The molecule has 6 N–H and O–H groups in total. The van der Waals surface area contributed by atoms with E-state index in [-0.39, 0.29) is 95.0 Å². The van der Waals surface area contributed by atoms with E-state index in [1.807, 2.05) is 32.9 Å². The summed E-state index contributed by atoms with van der Waals surface area (Å²) in [5.41, 5.74) is -2.51. The second-order valence-electron chi connectivity index (χ2n) is 26.2. The molecule has 1 aliphatic heterocycles. The monoisotopic (exact) mass is 1400 g/mol. The van der Waals surface area contributed by atoms with Crippen LogP contribution in [0.25, 0.3) is 0 Å². The fourth-order valence-corrected chi connectivity index (χ4v) is 9.98. The van der Waals surface area contributed by atoms with Crippen molar-refractivity contribution in [3.8, 4) is 11.5 Å². The lowest BCUT2D eigenvalue weighted by Gasteiger charge is -2.33. The van der Waals surface area contributed by atoms with Crippen LogP contribution in [0.1, 0.15) is 165 Å². The van der Waals surface area contributed by atoms with Crippen molar-refractivity contribution >= 4 is 71.3 Å². The predicted molar refractivity (Wildman–Crippen MR) is 363 cm³/mol. The SMILES string of the molecule is CCCCOC(=O)C(CC(C)(C)C(=O)Oc1ccc(C(=O)c2ccccc2)cc1)CC(C)(CC)C(=O)OCC(O)CN(CC(=O)O)CC(=O)O.CCCCOC(=O)C(CC(C)(C)C(=O)Oc1ccc(C(=O)c2ccccc2)cc1)CC(C)(CC)C(=O)OCC1CO1.O=C(O)CNCC(=O)O. The number of hydrogen-bond donors (Lipinski definition) is 6. The number of unbranched alkanes of at least 4 members (excludes halogenated alkanes) is 2. The average molecular weight is 1400 g/mol. The van der Waals surface area contributed by atoms with E-state index in [4.69, 9.17) is 53.6 Å². The fraction of sp³-hybridized carbons (Fsp3) is 0.514. The Bertz CT molecular complexity index is 3300. The van der Waals surface area contributed by atoms with E-state index >= 15 is 0 Å². The van der Waals surface area contributed by atoms with Crippen molar-refractivity contribution in [3.05, 3.63) is 131 Å². The van der Waals surface area contributed by atoms with Crippen molar-refractivity contribution in [2.24, 2.45) is 33.5 Å². The number of carbonyl (C=O) groups excluding carboxylic acids is 8. The molecular weight excluding hydrogens is 1300 g/mol. The number of benzene rings is 4. The molecule has 6 atom stereocenters. The summed E-state index contributed by atoms with van der Waals surface area (Å²) in [5, 5.41) is 46.6. The number of aliphatic hydroxyl groups excluding tert-OH is 1. The zero-order valence-corrected chi connectivity index (χ0v) is 58.8. The number of carboxylic acids is 4. The normalized spacial score (nSPS) is 14.5. The van der Waals surface area contributed by atoms with E-state index in [0.29, 0.717) is 47.5 Å². The highest BCUT2D eigenvalue weighted by Crippen LogP contribution is 2.41. The van der Waals surface area contributed by atoms with Gasteiger partial charge in [-0.15, -0.1) is 0 Å². The highest BCUT2D eigenvalue weighted by Gasteiger charge is 2.45. The Labute approximate surface area is 583 Å². The van der Waals surface area contributed by atoms with Crippen LogP contribution < -0.4 is 14.8 Å². The third-order valence-corrected chi connectivity index (χ3v) is 16.4. The summed E-state index contributed by atoms with van der Waals surface area (Å²) < 4.78 is 38.4. The fourth-order valence-electron chi connectivity index (χ4n) is 9.98. The summed E-state index contributed by atoms with van der Waals surface area (Å²) >= 11 is 0. The lowest BCUT2D eigenvalue weighted by atomic mass is 9.73. The zero-order valence-electron chi connectivity index (χ0n) is 58.8. The first kappa shape index (κ1) is 85.0. The van der Waals surface area contributed by atoms with Gasteiger partial charge in [0.1, 0.15) is 36.9 Å². The lowest BCUT2D eigenvalue weighted by molar-refractivity contribution is -0.164. The highest BCUT2D eigenvalue weighted by molar-refractivity contribution is 6.09. The summed E-state index contributed by atoms with van der Waals surface area (Å²) in [6, 6.07) is 30.2. The molecule has 0 radical (unpaired) electrons. The second kappa shape index (κ2) is 42.0. The summed E-state index contributed by atoms with van der Waals surface area (Å²) in [6.07, 6.45) is 2.44. The van der Waals surface area contributed by atoms with Crippen molar-refractivity contribution in [2.45, 2.75) is 146 Å². The van der Waals surface area contributed by atoms with Crippen LogP contribution in [-0.2, 0) is 71.6 Å². The number of hydrogen-bond acceptors (Lipinski definition) is 22. The molecule has 5 rings (SSSR count). The number of ketones is 2. The van der Waals surface area contributed by atoms with E-state index < -0.39 is 119 Å². The Balaban J connectivity index is 0.000000468. The Kier molecular flexibility index (Phi) is 35.7. The molecule has 1 heterocycles. The summed E-state index contributed by atoms with van der Waals surface area (Å²) in [7, 11) is 0. The molecule has 0 bridgehead atoms. The molecule has 1 saturated heterocycles. The number of esters is 6. The molecule has 0 saturated carbocycles. The van der Waals surface area contributed by atoms with Crippen molar-refractivity contribution in [1.29, 1.82) is 0 Å². The lowest BCUT2D eigenvalue weighted by Crippen LogP contribution is -2.42. The molecule has 1 aliphatic rings. The van der Waals surface area contributed by atoms with Gasteiger partial charge in [-0.2, -0.15) is 0 Å². The smallest absolute Gasteiger partial charge is 0.317 e. The molecule has 0 spiro atoms. The van der Waals surface area contributed by atoms with E-state index in [2.05, 4.69) is 5.32 Å². The van der Waals surface area contributed by atoms with Crippen LogP contribution in [0.5, 0.6) is 11.5 Å². The number of aliphatic hydroxyl groups is 1. The molecular formula is C74H98N2O24. The largest absolute Gasteiger partial charge is 0.480 e. The number of carboxylic acid groups (broad SMARTS) is 4. The van der Waals surface area contributed by atoms with Gasteiger partial charge in [0.15, 0.2) is 11.6 Å². The number of rotatable bonds is 42. The van der Waals surface area contributed by atoms with Crippen LogP contribution in [0.3, 0.4) is 0 Å². The van der Waals surface area contributed by atoms with Gasteiger partial charge in [-0.3, -0.25) is 67.8 Å². The van der Waals surface area contributed by atoms with Crippen LogP contribution in [-0.4, -0.2) is 180 Å². The van der Waals surface area contributed by atoms with Crippen LogP contribution in [0.2, 0.25) is 0 Å². The highest BCUT2D eigenvalue weighted by atomic mass is 16.6. The molecule has 100 heavy (non-hydrogen) atoms. The Morgan fingerprint density at radius 2 is 0.850 bits per heavy atom. The van der Waals surface area contributed by atoms with Gasteiger partial charge >= 0.3 is 59.7 Å². The van der Waals surface area contributed by atoms with Crippen molar-refractivity contribution in [2.75, 3.05) is 65.8 Å². The topological polar surface area (TPSA) is 389 Å². The molecule has 4 aromatic rings. The molecule has 1 fully saturated rings. The average Bonchev–Trinajstić information content (AvgIpc) is 1.02. The van der Waals surface area contributed by atoms with Crippen LogP contribution in [0.4, 0.5) is 0 Å². The van der Waals surface area contributed by atoms with Gasteiger partial charge in [-0.1, -0.05) is 101 Å². The number of ether oxygens (including phenoxy) is 7. The maximum Gasteiger partial charge on any atom is 0.317 e. The zero-order chi connectivity index (χ0) is 74.8. The van der Waals surface area contributed by atoms with Gasteiger partial charge in [0.25, 0.3) is 0 Å². The van der Waals surface area contributed by atoms with Gasteiger partial charge in [0.05, 0.1) is 79.5 Å². The van der Waals surface area contributed by atoms with E-state index in [1.54, 1.807) is 133 Å². The molecule has 6 unspecified atom stereocenters. The van der Waals surface area contributed by atoms with E-state index in [0.717, 1.165) is 24.2 Å². The van der Waals surface area contributed by atoms with Crippen molar-refractivity contribution in [3.63, 3.8) is 0 Å². The number of carbonyl (C=O) groups is 12. The Hall–Kier alpha value is -9.24. The molecule has 26 heteroatoms. The van der Waals surface area contributed by atoms with E-state index in [9.17, 15) is 62.6 Å². The van der Waals surface area contributed by atoms with Crippen LogP contribution in [0.15, 0.2) is 109 Å². The molecule has 4 aromatic carbocycles. The van der Waals surface area contributed by atoms with Gasteiger partial charge in [-0.25, -0.2) is 0 Å². The van der Waals surface area contributed by atoms with Crippen LogP contribution >= 0.6 is 0 Å². The molecule has 0 aliphatic carbocycles. The Morgan fingerprint density at radius 1 is 0.490 bits per heavy atom. The molecule has 0 aromatic heterocycles. The minimum atomic E-state index is -1.38. The Morgan fingerprint density at radius 3 is 1.18 bits per heavy atom. The maximum atomic E-state index is 13.4. The molecule has 0 amide bonds. The van der Waals surface area contributed by atoms with E-state index in [1.165, 1.54) is 12.1 Å². The van der Waals surface area contributed by atoms with Gasteiger partial charge in [0.2, 0.25) is 0 Å². The van der Waals surface area contributed by atoms with Gasteiger partial charge < -0.3 is 58.7 Å². The number of nitrogens with one attached hydrogen (secondary N) is 1. The maximum absolute atomic E-state index is 13.4. The predicted octanol–water partition coefficient (Wildman–Crippen LogP) is 9.07. The summed E-state index contributed by atoms with van der Waals surface area (Å²) in [6.45, 7) is 16.0. The first-order valence-corrected chi connectivity index (χ1v) is 33.2. The third-order valence-electron chi connectivity index (χ3n) is 16.4. The van der Waals surface area contributed by atoms with Crippen molar-refractivity contribution in [1.82, 2.24) is 10.2 Å². The minimum Gasteiger partial charge on any atom is -0.480 e. The standard InChI is InChI=1S/C37H49NO12.C33H42O8.C4H7NO4/c1-6-8-18-48-33(45)27(20-37(5,7-2)35(47)49-24-28(39)21-38(22-30(40)41)23-31(42)43)19-36(3,4)34(46)50-29-16-14-26(15-17-29)32(44)25-12-10-9-11-13-25;1-6-8-18-38-29(35)25(20-33(5,7-2)31(37)40-22-27-21-39-27)19-32(3,4)30(36)41-26-16-14-24(15-17-26)28(34)23-12-10-9-11-13-23;6-3(7)1-5-2-4(8)9/h9-17,27-28,39H,6-8,18-24H2,1-5H3,(H,40,41)(H,42,43);9-17,25,27H,6-8,18-22H2,1-5H3;5H,1-2H2,(H,6,7)(H,8,9).